The summed E-state index contributed by atoms with van der Waals surface area (Å²) in [6, 6.07) is -1.32. The van der Waals surface area contributed by atoms with E-state index in [1.165, 1.54) is 0 Å². The van der Waals surface area contributed by atoms with Crippen molar-refractivity contribution in [3.05, 3.63) is 0 Å². The zero-order valence-corrected chi connectivity index (χ0v) is 13.3. The van der Waals surface area contributed by atoms with Crippen molar-refractivity contribution in [2.75, 3.05) is 11.0 Å². The molecule has 1 aliphatic heterocycles. The molecule has 2 N–H and O–H groups in total. The van der Waals surface area contributed by atoms with Gasteiger partial charge in [0.05, 0.1) is 12.5 Å². The van der Waals surface area contributed by atoms with Crippen LogP contribution in [0.4, 0.5) is 4.79 Å². The predicted molar refractivity (Wildman–Crippen MR) is 77.7 cm³/mol. The second kappa shape index (κ2) is 8.28. The molecular weight excluding hydrogens is 381 g/mol. The lowest BCUT2D eigenvalue weighted by Crippen LogP contribution is -2.47. The molecule has 114 valence electrons. The summed E-state index contributed by atoms with van der Waals surface area (Å²) >= 11 is 2.06. The Morgan fingerprint density at radius 2 is 2.30 bits per heavy atom. The molecule has 7 nitrogen and oxygen atoms in total. The number of hydrogen-bond donors (Lipinski definition) is 2. The number of ether oxygens (including phenoxy) is 2. The van der Waals surface area contributed by atoms with Crippen molar-refractivity contribution in [1.29, 1.82) is 0 Å². The van der Waals surface area contributed by atoms with Gasteiger partial charge in [0.1, 0.15) is 12.1 Å². The minimum absolute atomic E-state index is 0.222. The van der Waals surface area contributed by atoms with Crippen LogP contribution in [-0.2, 0) is 19.1 Å². The molecule has 0 spiro atoms. The van der Waals surface area contributed by atoms with Crippen molar-refractivity contribution >= 4 is 40.6 Å². The maximum atomic E-state index is 11.7. The van der Waals surface area contributed by atoms with E-state index in [4.69, 9.17) is 14.6 Å². The van der Waals surface area contributed by atoms with Crippen LogP contribution >= 0.6 is 22.6 Å². The van der Waals surface area contributed by atoms with Gasteiger partial charge in [-0.1, -0.05) is 35.9 Å². The van der Waals surface area contributed by atoms with Crippen LogP contribution < -0.4 is 5.32 Å². The Morgan fingerprint density at radius 1 is 1.60 bits per heavy atom. The minimum atomic E-state index is -1.32. The lowest BCUT2D eigenvalue weighted by molar-refractivity contribution is -0.150. The Kier molecular flexibility index (Phi) is 7.03. The summed E-state index contributed by atoms with van der Waals surface area (Å²) in [5.74, 6) is -2.73. The highest BCUT2D eigenvalue weighted by atomic mass is 127. The number of alkyl halides is 1. The first-order chi connectivity index (χ1) is 9.49. The Bertz CT molecular complexity index is 375. The van der Waals surface area contributed by atoms with Gasteiger partial charge in [-0.3, -0.25) is 4.79 Å². The number of unbranched alkanes of at least 4 members (excludes halogenated alkanes) is 1. The van der Waals surface area contributed by atoms with Crippen molar-refractivity contribution in [3.8, 4) is 0 Å². The fourth-order valence-electron chi connectivity index (χ4n) is 1.86. The first-order valence-corrected chi connectivity index (χ1v) is 7.94. The lowest BCUT2D eigenvalue weighted by Gasteiger charge is -2.17. The van der Waals surface area contributed by atoms with E-state index in [1.54, 1.807) is 0 Å². The van der Waals surface area contributed by atoms with E-state index < -0.39 is 30.0 Å². The smallest absolute Gasteiger partial charge is 0.407 e. The third kappa shape index (κ3) is 4.80. The van der Waals surface area contributed by atoms with Crippen LogP contribution in [-0.4, -0.2) is 46.3 Å². The number of aliphatic carboxylic acids is 1. The van der Waals surface area contributed by atoms with Gasteiger partial charge in [0.15, 0.2) is 0 Å². The molecule has 1 rings (SSSR count). The minimum Gasteiger partial charge on any atom is -0.480 e. The third-order valence-electron chi connectivity index (χ3n) is 2.95. The van der Waals surface area contributed by atoms with Crippen molar-refractivity contribution in [3.63, 3.8) is 0 Å². The Hall–Kier alpha value is -1.06. The van der Waals surface area contributed by atoms with E-state index in [0.717, 1.165) is 6.42 Å². The molecule has 1 amide bonds. The summed E-state index contributed by atoms with van der Waals surface area (Å²) in [6.07, 6.45) is 0.730. The Labute approximate surface area is 130 Å². The van der Waals surface area contributed by atoms with Crippen molar-refractivity contribution in [2.45, 2.75) is 38.3 Å². The molecule has 0 bridgehead atoms. The van der Waals surface area contributed by atoms with Gasteiger partial charge in [0.25, 0.3) is 0 Å². The fraction of sp³-hybridized carbons (Fsp3) is 0.750. The number of alkyl carbamates (subject to hydrolysis) is 1. The quantitative estimate of drug-likeness (QED) is 0.290. The van der Waals surface area contributed by atoms with Gasteiger partial charge in [-0.05, 0) is 6.42 Å². The molecule has 8 heteroatoms. The summed E-state index contributed by atoms with van der Waals surface area (Å²) in [5, 5.41) is 11.4. The Morgan fingerprint density at radius 3 is 2.80 bits per heavy atom. The monoisotopic (exact) mass is 399 g/mol. The third-order valence-corrected chi connectivity index (χ3v) is 3.93. The van der Waals surface area contributed by atoms with Crippen LogP contribution in [0.15, 0.2) is 0 Å². The van der Waals surface area contributed by atoms with Gasteiger partial charge in [0.2, 0.25) is 0 Å². The van der Waals surface area contributed by atoms with Crippen molar-refractivity contribution in [2.24, 2.45) is 5.92 Å². The number of esters is 1. The molecule has 20 heavy (non-hydrogen) atoms. The van der Waals surface area contributed by atoms with Crippen molar-refractivity contribution < 1.29 is 29.0 Å². The highest BCUT2D eigenvalue weighted by molar-refractivity contribution is 14.1. The molecule has 0 aromatic carbocycles. The zero-order valence-electron chi connectivity index (χ0n) is 11.1. The number of carbonyl (C=O) groups is 3. The number of carbonyl (C=O) groups excluding carboxylic acids is 2. The number of rotatable bonds is 7. The SMILES string of the molecule is CCCCOC(=O)NC(C(=O)O)[C@@H]1C[C@H](CI)OC1=O. The molecule has 0 aromatic heterocycles. The molecule has 1 unspecified atom stereocenters. The molecule has 0 radical (unpaired) electrons. The first-order valence-electron chi connectivity index (χ1n) is 6.42. The maximum Gasteiger partial charge on any atom is 0.407 e. The van der Waals surface area contributed by atoms with Crippen molar-refractivity contribution in [1.82, 2.24) is 5.32 Å². The van der Waals surface area contributed by atoms with E-state index in [-0.39, 0.29) is 19.1 Å². The normalized spacial score (nSPS) is 23.0. The number of halogens is 1. The standard InChI is InChI=1S/C12H18INO6/c1-2-3-4-19-12(18)14-9(10(15)16)8-5-7(6-13)20-11(8)17/h7-9H,2-6H2,1H3,(H,14,18)(H,15,16)/t7-,8+,9?/m1/s1. The molecule has 0 saturated carbocycles. The number of cyclic esters (lactones) is 1. The van der Waals surface area contributed by atoms with E-state index >= 15 is 0 Å². The average molecular weight is 399 g/mol. The second-order valence-corrected chi connectivity index (χ2v) is 5.39. The predicted octanol–water partition coefficient (Wildman–Crippen LogP) is 1.33. The van der Waals surface area contributed by atoms with E-state index in [1.807, 2.05) is 6.92 Å². The number of nitrogens with one attached hydrogen (secondary N) is 1. The molecule has 1 fully saturated rings. The molecule has 3 atom stereocenters. The van der Waals surface area contributed by atoms with E-state index in [0.29, 0.717) is 10.8 Å². The molecule has 1 aliphatic rings. The summed E-state index contributed by atoms with van der Waals surface area (Å²) in [4.78, 5) is 34.4. The maximum absolute atomic E-state index is 11.7. The van der Waals surface area contributed by atoms with Gasteiger partial charge < -0.3 is 19.9 Å². The summed E-state index contributed by atoms with van der Waals surface area (Å²) in [7, 11) is 0. The van der Waals surface area contributed by atoms with Crippen LogP contribution in [0.2, 0.25) is 0 Å². The van der Waals surface area contributed by atoms with Gasteiger partial charge in [-0.2, -0.15) is 0 Å². The Balaban J connectivity index is 2.59. The summed E-state index contributed by atoms with van der Waals surface area (Å²) in [5.41, 5.74) is 0. The summed E-state index contributed by atoms with van der Waals surface area (Å²) < 4.78 is 10.5. The molecule has 1 saturated heterocycles. The van der Waals surface area contributed by atoms with Gasteiger partial charge >= 0.3 is 18.0 Å². The molecule has 0 aromatic rings. The highest BCUT2D eigenvalue weighted by Gasteiger charge is 2.43. The van der Waals surface area contributed by atoms with Crippen LogP contribution in [0.25, 0.3) is 0 Å². The number of amides is 1. The number of carboxylic acid groups (broad SMARTS) is 1. The molecular formula is C12H18INO6. The summed E-state index contributed by atoms with van der Waals surface area (Å²) in [6.45, 7) is 2.17. The number of hydrogen-bond acceptors (Lipinski definition) is 5. The van der Waals surface area contributed by atoms with Gasteiger partial charge in [-0.25, -0.2) is 9.59 Å². The fourth-order valence-corrected chi connectivity index (χ4v) is 2.40. The number of carboxylic acids is 1. The first kappa shape index (κ1) is 17.0. The van der Waals surface area contributed by atoms with E-state index in [9.17, 15) is 14.4 Å². The zero-order chi connectivity index (χ0) is 15.1. The largest absolute Gasteiger partial charge is 0.480 e. The lowest BCUT2D eigenvalue weighted by atomic mass is 9.96. The van der Waals surface area contributed by atoms with Crippen LogP contribution in [0.3, 0.4) is 0 Å². The van der Waals surface area contributed by atoms with Crippen LogP contribution in [0.5, 0.6) is 0 Å². The van der Waals surface area contributed by atoms with Crippen LogP contribution in [0.1, 0.15) is 26.2 Å². The van der Waals surface area contributed by atoms with Gasteiger partial charge in [-0.15, -0.1) is 0 Å². The average Bonchev–Trinajstić information content (AvgIpc) is 2.77. The molecule has 1 heterocycles. The van der Waals surface area contributed by atoms with Crippen LogP contribution in [0, 0.1) is 5.92 Å². The highest BCUT2D eigenvalue weighted by Crippen LogP contribution is 2.25. The van der Waals surface area contributed by atoms with E-state index in [2.05, 4.69) is 27.9 Å². The second-order valence-electron chi connectivity index (χ2n) is 4.51. The molecule has 0 aliphatic carbocycles. The topological polar surface area (TPSA) is 102 Å². The van der Waals surface area contributed by atoms with Gasteiger partial charge in [0, 0.05) is 10.8 Å².